The summed E-state index contributed by atoms with van der Waals surface area (Å²) in [6.45, 7) is 8.42. The lowest BCUT2D eigenvalue weighted by Crippen LogP contribution is -2.31. The highest BCUT2D eigenvalue weighted by atomic mass is 79.9. The number of halogens is 1. The molecular weight excluding hydrogens is 266 g/mol. The van der Waals surface area contributed by atoms with Crippen molar-refractivity contribution in [3.05, 3.63) is 17.6 Å². The third-order valence-electron chi connectivity index (χ3n) is 2.62. The standard InChI is InChI=1S/C12H20BrN3/c1-8(2)12-14-9(3)6-11(15-12)16(5)10(4)7-13/h6,8,10H,7H2,1-5H3. The van der Waals surface area contributed by atoms with Crippen LogP contribution in [0.4, 0.5) is 5.82 Å². The molecule has 0 bridgehead atoms. The van der Waals surface area contributed by atoms with E-state index in [9.17, 15) is 0 Å². The summed E-state index contributed by atoms with van der Waals surface area (Å²) in [5, 5.41) is 0.934. The van der Waals surface area contributed by atoms with Crippen LogP contribution in [0.1, 0.15) is 38.2 Å². The molecule has 0 aliphatic carbocycles. The molecule has 0 spiro atoms. The summed E-state index contributed by atoms with van der Waals surface area (Å²) in [5.41, 5.74) is 1.03. The van der Waals surface area contributed by atoms with Gasteiger partial charge in [-0.1, -0.05) is 29.8 Å². The van der Waals surface area contributed by atoms with E-state index in [0.717, 1.165) is 22.7 Å². The Morgan fingerprint density at radius 2 is 1.94 bits per heavy atom. The number of hydrogen-bond donors (Lipinski definition) is 0. The number of aromatic nitrogens is 2. The highest BCUT2D eigenvalue weighted by molar-refractivity contribution is 9.09. The summed E-state index contributed by atoms with van der Waals surface area (Å²) < 4.78 is 0. The third kappa shape index (κ3) is 3.17. The van der Waals surface area contributed by atoms with Gasteiger partial charge in [-0.05, 0) is 13.8 Å². The van der Waals surface area contributed by atoms with Crippen molar-refractivity contribution < 1.29 is 0 Å². The van der Waals surface area contributed by atoms with Gasteiger partial charge in [0.1, 0.15) is 11.6 Å². The average molecular weight is 286 g/mol. The first-order valence-corrected chi connectivity index (χ1v) is 6.72. The minimum Gasteiger partial charge on any atom is -0.356 e. The van der Waals surface area contributed by atoms with Crippen LogP contribution < -0.4 is 4.90 Å². The maximum atomic E-state index is 4.60. The van der Waals surface area contributed by atoms with Gasteiger partial charge in [0, 0.05) is 36.1 Å². The van der Waals surface area contributed by atoms with Gasteiger partial charge in [-0.25, -0.2) is 9.97 Å². The monoisotopic (exact) mass is 285 g/mol. The molecule has 1 rings (SSSR count). The zero-order chi connectivity index (χ0) is 12.3. The van der Waals surface area contributed by atoms with E-state index >= 15 is 0 Å². The van der Waals surface area contributed by atoms with Gasteiger partial charge in [-0.15, -0.1) is 0 Å². The Morgan fingerprint density at radius 3 is 2.44 bits per heavy atom. The number of rotatable bonds is 4. The predicted octanol–water partition coefficient (Wildman–Crippen LogP) is 3.13. The summed E-state index contributed by atoms with van der Waals surface area (Å²) in [5.74, 6) is 2.29. The number of aryl methyl sites for hydroxylation is 1. The van der Waals surface area contributed by atoms with Crippen molar-refractivity contribution >= 4 is 21.7 Å². The van der Waals surface area contributed by atoms with Crippen molar-refractivity contribution in [2.45, 2.75) is 39.7 Å². The molecule has 0 aliphatic heterocycles. The molecule has 0 fully saturated rings. The lowest BCUT2D eigenvalue weighted by atomic mass is 10.2. The lowest BCUT2D eigenvalue weighted by molar-refractivity contribution is 0.722. The molecule has 1 atom stereocenters. The van der Waals surface area contributed by atoms with Gasteiger partial charge in [-0.2, -0.15) is 0 Å². The minimum atomic E-state index is 0.367. The zero-order valence-electron chi connectivity index (χ0n) is 10.7. The number of nitrogens with zero attached hydrogens (tertiary/aromatic N) is 3. The van der Waals surface area contributed by atoms with Crippen LogP contribution in [0, 0.1) is 6.92 Å². The summed E-state index contributed by atoms with van der Waals surface area (Å²) >= 11 is 3.49. The topological polar surface area (TPSA) is 29.0 Å². The quantitative estimate of drug-likeness (QED) is 0.796. The van der Waals surface area contributed by atoms with E-state index in [2.05, 4.69) is 58.6 Å². The van der Waals surface area contributed by atoms with Gasteiger partial charge in [0.25, 0.3) is 0 Å². The van der Waals surface area contributed by atoms with E-state index in [4.69, 9.17) is 0 Å². The predicted molar refractivity (Wildman–Crippen MR) is 72.5 cm³/mol. The first-order chi connectivity index (χ1) is 7.45. The molecule has 90 valence electrons. The van der Waals surface area contributed by atoms with Crippen LogP contribution in [0.15, 0.2) is 6.07 Å². The smallest absolute Gasteiger partial charge is 0.133 e. The van der Waals surface area contributed by atoms with Gasteiger partial charge in [-0.3, -0.25) is 0 Å². The molecule has 1 heterocycles. The zero-order valence-corrected chi connectivity index (χ0v) is 12.2. The van der Waals surface area contributed by atoms with Gasteiger partial charge < -0.3 is 4.90 Å². The van der Waals surface area contributed by atoms with E-state index in [-0.39, 0.29) is 0 Å². The minimum absolute atomic E-state index is 0.367. The van der Waals surface area contributed by atoms with Crippen LogP contribution in [0.25, 0.3) is 0 Å². The third-order valence-corrected chi connectivity index (χ3v) is 3.56. The SMILES string of the molecule is Cc1cc(N(C)C(C)CBr)nc(C(C)C)n1. The van der Waals surface area contributed by atoms with Crippen LogP contribution in [0.2, 0.25) is 0 Å². The molecular formula is C12H20BrN3. The number of anilines is 1. The first kappa shape index (κ1) is 13.4. The van der Waals surface area contributed by atoms with E-state index in [1.165, 1.54) is 0 Å². The molecule has 1 aromatic heterocycles. The van der Waals surface area contributed by atoms with Crippen LogP contribution in [0.3, 0.4) is 0 Å². The van der Waals surface area contributed by atoms with Crippen molar-refractivity contribution in [2.24, 2.45) is 0 Å². The van der Waals surface area contributed by atoms with E-state index < -0.39 is 0 Å². The van der Waals surface area contributed by atoms with Crippen LogP contribution in [-0.4, -0.2) is 28.4 Å². The fourth-order valence-electron chi connectivity index (χ4n) is 1.34. The summed E-state index contributed by atoms with van der Waals surface area (Å²) in [4.78, 5) is 11.2. The Labute approximate surface area is 106 Å². The van der Waals surface area contributed by atoms with Crippen molar-refractivity contribution in [1.82, 2.24) is 9.97 Å². The van der Waals surface area contributed by atoms with Crippen LogP contribution in [-0.2, 0) is 0 Å². The molecule has 0 aliphatic rings. The van der Waals surface area contributed by atoms with Crippen molar-refractivity contribution in [3.8, 4) is 0 Å². The summed E-state index contributed by atoms with van der Waals surface area (Å²) in [7, 11) is 2.07. The first-order valence-electron chi connectivity index (χ1n) is 5.60. The van der Waals surface area contributed by atoms with E-state index in [0.29, 0.717) is 12.0 Å². The Balaban J connectivity index is 3.04. The molecule has 0 amide bonds. The summed E-state index contributed by atoms with van der Waals surface area (Å²) in [6.07, 6.45) is 0. The van der Waals surface area contributed by atoms with Gasteiger partial charge in [0.15, 0.2) is 0 Å². The molecule has 1 unspecified atom stereocenters. The summed E-state index contributed by atoms with van der Waals surface area (Å²) in [6, 6.07) is 2.46. The van der Waals surface area contributed by atoms with E-state index in [1.54, 1.807) is 0 Å². The molecule has 16 heavy (non-hydrogen) atoms. The highest BCUT2D eigenvalue weighted by Gasteiger charge is 2.13. The maximum Gasteiger partial charge on any atom is 0.133 e. The average Bonchev–Trinajstić information content (AvgIpc) is 2.26. The van der Waals surface area contributed by atoms with E-state index in [1.807, 2.05) is 13.0 Å². The van der Waals surface area contributed by atoms with Crippen LogP contribution >= 0.6 is 15.9 Å². The Hall–Kier alpha value is -0.640. The molecule has 3 nitrogen and oxygen atoms in total. The molecule has 0 saturated heterocycles. The molecule has 0 saturated carbocycles. The Kier molecular flexibility index (Phi) is 4.71. The normalized spacial score (nSPS) is 12.9. The number of alkyl halides is 1. The van der Waals surface area contributed by atoms with Crippen LogP contribution in [0.5, 0.6) is 0 Å². The molecule has 1 aromatic rings. The number of hydrogen-bond acceptors (Lipinski definition) is 3. The Bertz CT molecular complexity index is 352. The fraction of sp³-hybridized carbons (Fsp3) is 0.667. The van der Waals surface area contributed by atoms with Gasteiger partial charge in [0.2, 0.25) is 0 Å². The Morgan fingerprint density at radius 1 is 1.31 bits per heavy atom. The second kappa shape index (κ2) is 5.62. The van der Waals surface area contributed by atoms with Crippen molar-refractivity contribution in [3.63, 3.8) is 0 Å². The fourth-order valence-corrected chi connectivity index (χ4v) is 1.78. The van der Waals surface area contributed by atoms with Crippen molar-refractivity contribution in [1.29, 1.82) is 0 Å². The second-order valence-electron chi connectivity index (χ2n) is 4.49. The maximum absolute atomic E-state index is 4.60. The molecule has 0 N–H and O–H groups in total. The molecule has 0 radical (unpaired) electrons. The molecule has 0 aromatic carbocycles. The van der Waals surface area contributed by atoms with Crippen molar-refractivity contribution in [2.75, 3.05) is 17.3 Å². The largest absolute Gasteiger partial charge is 0.356 e. The highest BCUT2D eigenvalue weighted by Crippen LogP contribution is 2.18. The van der Waals surface area contributed by atoms with Gasteiger partial charge >= 0.3 is 0 Å². The lowest BCUT2D eigenvalue weighted by Gasteiger charge is -2.25. The second-order valence-corrected chi connectivity index (χ2v) is 5.14. The van der Waals surface area contributed by atoms with Gasteiger partial charge in [0.05, 0.1) is 0 Å². The molecule has 4 heteroatoms.